The highest BCUT2D eigenvalue weighted by Gasteiger charge is 2.29. The third kappa shape index (κ3) is 3.49. The van der Waals surface area contributed by atoms with Gasteiger partial charge in [0.2, 0.25) is 5.91 Å². The molecule has 3 amide bonds. The highest BCUT2D eigenvalue weighted by molar-refractivity contribution is 6.01. The fraction of sp³-hybridized carbons (Fsp3) is 0.778. The molecular weight excluding hydrogens is 198 g/mol. The van der Waals surface area contributed by atoms with Gasteiger partial charge in [0.15, 0.2) is 0 Å². The van der Waals surface area contributed by atoms with Crippen LogP contribution in [-0.2, 0) is 4.79 Å². The lowest BCUT2D eigenvalue weighted by molar-refractivity contribution is -0.125. The molecule has 86 valence electrons. The van der Waals surface area contributed by atoms with Gasteiger partial charge in [-0.15, -0.1) is 0 Å². The van der Waals surface area contributed by atoms with E-state index in [0.29, 0.717) is 6.54 Å². The van der Waals surface area contributed by atoms with Gasteiger partial charge >= 0.3 is 6.03 Å². The SMILES string of the molecule is CC(C)NCC(O)CN1C(=O)CNC1=O. The van der Waals surface area contributed by atoms with Gasteiger partial charge in [-0.25, -0.2) is 4.79 Å². The Morgan fingerprint density at radius 1 is 1.53 bits per heavy atom. The van der Waals surface area contributed by atoms with E-state index in [1.807, 2.05) is 13.8 Å². The van der Waals surface area contributed by atoms with Gasteiger partial charge in [-0.3, -0.25) is 9.69 Å². The van der Waals surface area contributed by atoms with Gasteiger partial charge in [-0.05, 0) is 0 Å². The molecule has 1 aliphatic rings. The molecule has 1 saturated heterocycles. The first-order chi connectivity index (χ1) is 7.00. The predicted octanol–water partition coefficient (Wildman–Crippen LogP) is -1.10. The highest BCUT2D eigenvalue weighted by Crippen LogP contribution is 2.00. The van der Waals surface area contributed by atoms with Gasteiger partial charge in [0.25, 0.3) is 0 Å². The van der Waals surface area contributed by atoms with Crippen molar-refractivity contribution in [2.75, 3.05) is 19.6 Å². The number of nitrogens with zero attached hydrogens (tertiary/aromatic N) is 1. The van der Waals surface area contributed by atoms with Crippen molar-refractivity contribution in [2.45, 2.75) is 26.0 Å². The molecule has 1 rings (SSSR count). The molecule has 15 heavy (non-hydrogen) atoms. The summed E-state index contributed by atoms with van der Waals surface area (Å²) in [4.78, 5) is 23.3. The van der Waals surface area contributed by atoms with Gasteiger partial charge in [0.1, 0.15) is 0 Å². The lowest BCUT2D eigenvalue weighted by Gasteiger charge is -2.18. The monoisotopic (exact) mass is 215 g/mol. The lowest BCUT2D eigenvalue weighted by Crippen LogP contribution is -2.42. The number of nitrogens with one attached hydrogen (secondary N) is 2. The third-order valence-corrected chi connectivity index (χ3v) is 2.09. The Kier molecular flexibility index (Phi) is 4.05. The number of urea groups is 1. The fourth-order valence-corrected chi connectivity index (χ4v) is 1.29. The smallest absolute Gasteiger partial charge is 0.324 e. The van der Waals surface area contributed by atoms with Crippen LogP contribution >= 0.6 is 0 Å². The van der Waals surface area contributed by atoms with Crippen LogP contribution in [0.1, 0.15) is 13.8 Å². The molecule has 6 nitrogen and oxygen atoms in total. The molecule has 1 heterocycles. The summed E-state index contributed by atoms with van der Waals surface area (Å²) in [5, 5.41) is 15.0. The number of hydrogen-bond donors (Lipinski definition) is 3. The lowest BCUT2D eigenvalue weighted by atomic mass is 10.3. The fourth-order valence-electron chi connectivity index (χ4n) is 1.29. The maximum Gasteiger partial charge on any atom is 0.324 e. The van der Waals surface area contributed by atoms with Crippen molar-refractivity contribution >= 4 is 11.9 Å². The van der Waals surface area contributed by atoms with Crippen LogP contribution in [0.15, 0.2) is 0 Å². The van der Waals surface area contributed by atoms with Crippen molar-refractivity contribution in [3.8, 4) is 0 Å². The molecule has 0 saturated carbocycles. The molecule has 0 radical (unpaired) electrons. The van der Waals surface area contributed by atoms with E-state index in [4.69, 9.17) is 0 Å². The number of rotatable bonds is 5. The Balaban J connectivity index is 2.33. The largest absolute Gasteiger partial charge is 0.390 e. The molecule has 6 heteroatoms. The average Bonchev–Trinajstić information content (AvgIpc) is 2.46. The Labute approximate surface area is 88.6 Å². The van der Waals surface area contributed by atoms with Crippen LogP contribution in [0.2, 0.25) is 0 Å². The Hall–Kier alpha value is -1.14. The zero-order chi connectivity index (χ0) is 11.4. The number of carbonyl (C=O) groups is 2. The third-order valence-electron chi connectivity index (χ3n) is 2.09. The van der Waals surface area contributed by atoms with Crippen molar-refractivity contribution in [3.63, 3.8) is 0 Å². The Morgan fingerprint density at radius 2 is 2.20 bits per heavy atom. The first kappa shape index (κ1) is 11.9. The predicted molar refractivity (Wildman–Crippen MR) is 54.3 cm³/mol. The quantitative estimate of drug-likeness (QED) is 0.508. The summed E-state index contributed by atoms with van der Waals surface area (Å²) in [7, 11) is 0. The number of amides is 3. The van der Waals surface area contributed by atoms with E-state index in [2.05, 4.69) is 10.6 Å². The molecule has 1 atom stereocenters. The first-order valence-electron chi connectivity index (χ1n) is 5.00. The summed E-state index contributed by atoms with van der Waals surface area (Å²) >= 11 is 0. The van der Waals surface area contributed by atoms with Crippen LogP contribution in [-0.4, -0.2) is 53.7 Å². The van der Waals surface area contributed by atoms with Crippen LogP contribution in [0, 0.1) is 0 Å². The number of imide groups is 1. The van der Waals surface area contributed by atoms with Crippen LogP contribution in [0.25, 0.3) is 0 Å². The van der Waals surface area contributed by atoms with E-state index in [9.17, 15) is 14.7 Å². The van der Waals surface area contributed by atoms with Crippen molar-refractivity contribution in [1.29, 1.82) is 0 Å². The second kappa shape index (κ2) is 5.09. The molecular formula is C9H17N3O3. The zero-order valence-electron chi connectivity index (χ0n) is 8.99. The minimum absolute atomic E-state index is 0.0309. The minimum atomic E-state index is -0.722. The minimum Gasteiger partial charge on any atom is -0.390 e. The number of aliphatic hydroxyl groups excluding tert-OH is 1. The number of hydrogen-bond acceptors (Lipinski definition) is 4. The van der Waals surface area contributed by atoms with Crippen LogP contribution < -0.4 is 10.6 Å². The molecule has 0 aromatic carbocycles. The van der Waals surface area contributed by atoms with Crippen LogP contribution in [0.4, 0.5) is 4.79 Å². The second-order valence-corrected chi connectivity index (χ2v) is 3.88. The molecule has 1 fully saturated rings. The normalized spacial score (nSPS) is 18.5. The topological polar surface area (TPSA) is 81.7 Å². The number of carbonyl (C=O) groups excluding carboxylic acids is 2. The maximum atomic E-state index is 11.2. The van der Waals surface area contributed by atoms with Crippen LogP contribution in [0.5, 0.6) is 0 Å². The average molecular weight is 215 g/mol. The molecule has 0 bridgehead atoms. The number of β-amino-alcohol motifs (C(OH)–C–C–N with tert-alkyl or cyclic N) is 1. The molecule has 0 aromatic heterocycles. The van der Waals surface area contributed by atoms with Crippen LogP contribution in [0.3, 0.4) is 0 Å². The summed E-state index contributed by atoms with van der Waals surface area (Å²) in [5.74, 6) is -0.288. The van der Waals surface area contributed by atoms with E-state index in [-0.39, 0.29) is 25.0 Å². The van der Waals surface area contributed by atoms with Gasteiger partial charge in [0, 0.05) is 12.6 Å². The van der Waals surface area contributed by atoms with E-state index in [0.717, 1.165) is 4.90 Å². The summed E-state index contributed by atoms with van der Waals surface area (Å²) < 4.78 is 0. The standard InChI is InChI=1S/C9H17N3O3/c1-6(2)10-3-7(13)5-12-8(14)4-11-9(12)15/h6-7,10,13H,3-5H2,1-2H3,(H,11,15). The molecule has 0 aliphatic carbocycles. The van der Waals surface area contributed by atoms with Crippen molar-refractivity contribution < 1.29 is 14.7 Å². The number of aliphatic hydroxyl groups is 1. The van der Waals surface area contributed by atoms with Gasteiger partial charge in [-0.2, -0.15) is 0 Å². The Bertz CT molecular complexity index is 239. The van der Waals surface area contributed by atoms with E-state index in [1.165, 1.54) is 0 Å². The zero-order valence-corrected chi connectivity index (χ0v) is 8.99. The van der Waals surface area contributed by atoms with Gasteiger partial charge in [-0.1, -0.05) is 13.8 Å². The van der Waals surface area contributed by atoms with Crippen molar-refractivity contribution in [2.24, 2.45) is 0 Å². The molecule has 1 unspecified atom stereocenters. The summed E-state index contributed by atoms with van der Waals surface area (Å²) in [6.45, 7) is 4.36. The first-order valence-corrected chi connectivity index (χ1v) is 5.00. The second-order valence-electron chi connectivity index (χ2n) is 3.88. The van der Waals surface area contributed by atoms with Crippen molar-refractivity contribution in [3.05, 3.63) is 0 Å². The molecule has 1 aliphatic heterocycles. The van der Waals surface area contributed by atoms with Gasteiger partial charge < -0.3 is 15.7 Å². The summed E-state index contributed by atoms with van der Waals surface area (Å²) in [6.07, 6.45) is -0.722. The van der Waals surface area contributed by atoms with E-state index < -0.39 is 12.1 Å². The Morgan fingerprint density at radius 3 is 2.67 bits per heavy atom. The van der Waals surface area contributed by atoms with Gasteiger partial charge in [0.05, 0.1) is 19.2 Å². The highest BCUT2D eigenvalue weighted by atomic mass is 16.3. The molecule has 0 aromatic rings. The van der Waals surface area contributed by atoms with E-state index >= 15 is 0 Å². The summed E-state index contributed by atoms with van der Waals surface area (Å²) in [5.41, 5.74) is 0. The molecule has 3 N–H and O–H groups in total. The van der Waals surface area contributed by atoms with Crippen molar-refractivity contribution in [1.82, 2.24) is 15.5 Å². The maximum absolute atomic E-state index is 11.2. The van der Waals surface area contributed by atoms with E-state index in [1.54, 1.807) is 0 Å². The molecule has 0 spiro atoms. The summed E-state index contributed by atoms with van der Waals surface area (Å²) in [6, 6.07) is -0.161.